The molecule has 2 aromatic heterocycles. The Kier molecular flexibility index (Phi) is 5.22. The summed E-state index contributed by atoms with van der Waals surface area (Å²) >= 11 is 5.87. The summed E-state index contributed by atoms with van der Waals surface area (Å²) in [6.45, 7) is 2.32. The van der Waals surface area contributed by atoms with Gasteiger partial charge in [0.2, 0.25) is 5.82 Å². The van der Waals surface area contributed by atoms with E-state index in [4.69, 9.17) is 25.3 Å². The van der Waals surface area contributed by atoms with Gasteiger partial charge in [0.1, 0.15) is 11.3 Å². The van der Waals surface area contributed by atoms with Crippen molar-refractivity contribution in [2.45, 2.75) is 13.3 Å². The van der Waals surface area contributed by atoms with Gasteiger partial charge in [0, 0.05) is 22.5 Å². The number of halogens is 1. The molecule has 1 amide bonds. The molecule has 0 saturated carbocycles. The molecule has 0 radical (unpaired) electrons. The SMILES string of the molecule is COc1ccc2oc(-c3noc(C(=O)NCCc4ccc(Cl)cc4)n3)c(C)c2c1. The highest BCUT2D eigenvalue weighted by atomic mass is 35.5. The second-order valence-electron chi connectivity index (χ2n) is 6.47. The fourth-order valence-corrected chi connectivity index (χ4v) is 3.12. The molecule has 4 rings (SSSR count). The topological polar surface area (TPSA) is 90.4 Å². The van der Waals surface area contributed by atoms with Gasteiger partial charge in [0.15, 0.2) is 5.76 Å². The minimum absolute atomic E-state index is 0.117. The standard InChI is InChI=1S/C21H18ClN3O4/c1-12-16-11-15(27-2)7-8-17(16)28-18(12)19-24-21(29-25-19)20(26)23-10-9-13-3-5-14(22)6-4-13/h3-8,11H,9-10H2,1-2H3,(H,23,26). The Bertz CT molecular complexity index is 1160. The number of rotatable bonds is 6. The van der Waals surface area contributed by atoms with Gasteiger partial charge in [-0.3, -0.25) is 4.79 Å². The number of carbonyl (C=O) groups excluding carboxylic acids is 1. The van der Waals surface area contributed by atoms with E-state index in [9.17, 15) is 4.79 Å². The van der Waals surface area contributed by atoms with Crippen molar-refractivity contribution < 1.29 is 18.5 Å². The lowest BCUT2D eigenvalue weighted by atomic mass is 10.1. The first-order valence-corrected chi connectivity index (χ1v) is 9.37. The maximum Gasteiger partial charge on any atom is 0.316 e. The average molecular weight is 412 g/mol. The van der Waals surface area contributed by atoms with E-state index < -0.39 is 5.91 Å². The van der Waals surface area contributed by atoms with Crippen LogP contribution in [0, 0.1) is 6.92 Å². The summed E-state index contributed by atoms with van der Waals surface area (Å²) in [6, 6.07) is 13.0. The minimum atomic E-state index is -0.437. The van der Waals surface area contributed by atoms with E-state index in [0.717, 1.165) is 22.3 Å². The van der Waals surface area contributed by atoms with Crippen LogP contribution in [0.4, 0.5) is 0 Å². The maximum absolute atomic E-state index is 12.3. The van der Waals surface area contributed by atoms with Crippen LogP contribution in [-0.4, -0.2) is 29.7 Å². The number of ether oxygens (including phenoxy) is 1. The van der Waals surface area contributed by atoms with Crippen LogP contribution >= 0.6 is 11.6 Å². The molecule has 0 aliphatic carbocycles. The number of aryl methyl sites for hydroxylation is 1. The number of aromatic nitrogens is 2. The van der Waals surface area contributed by atoms with Gasteiger partial charge in [-0.2, -0.15) is 4.98 Å². The number of carbonyl (C=O) groups is 1. The van der Waals surface area contributed by atoms with Crippen LogP contribution in [0.25, 0.3) is 22.6 Å². The molecule has 0 aliphatic rings. The van der Waals surface area contributed by atoms with Crippen molar-refractivity contribution in [2.75, 3.05) is 13.7 Å². The summed E-state index contributed by atoms with van der Waals surface area (Å²) in [7, 11) is 1.61. The van der Waals surface area contributed by atoms with E-state index in [1.807, 2.05) is 49.4 Å². The molecule has 2 heterocycles. The van der Waals surface area contributed by atoms with Gasteiger partial charge in [-0.05, 0) is 49.2 Å². The Labute approximate surface area is 171 Å². The third kappa shape index (κ3) is 3.95. The normalized spacial score (nSPS) is 11.0. The first kappa shape index (κ1) is 19.0. The fraction of sp³-hybridized carbons (Fsp3) is 0.190. The minimum Gasteiger partial charge on any atom is -0.497 e. The van der Waals surface area contributed by atoms with E-state index in [1.54, 1.807) is 7.11 Å². The smallest absolute Gasteiger partial charge is 0.316 e. The molecule has 0 aliphatic heterocycles. The highest BCUT2D eigenvalue weighted by molar-refractivity contribution is 6.30. The Hall–Kier alpha value is -3.32. The summed E-state index contributed by atoms with van der Waals surface area (Å²) in [5.41, 5.74) is 2.58. The molecule has 0 fully saturated rings. The molecule has 148 valence electrons. The van der Waals surface area contributed by atoms with Crippen LogP contribution in [-0.2, 0) is 6.42 Å². The molecule has 0 saturated heterocycles. The summed E-state index contributed by atoms with van der Waals surface area (Å²) in [4.78, 5) is 16.5. The summed E-state index contributed by atoms with van der Waals surface area (Å²) in [6.07, 6.45) is 0.661. The lowest BCUT2D eigenvalue weighted by Crippen LogP contribution is -2.25. The Morgan fingerprint density at radius 1 is 1.21 bits per heavy atom. The number of furan rings is 1. The van der Waals surface area contributed by atoms with Gasteiger partial charge in [-0.25, -0.2) is 0 Å². The second kappa shape index (κ2) is 7.97. The number of hydrogen-bond acceptors (Lipinski definition) is 6. The van der Waals surface area contributed by atoms with E-state index in [-0.39, 0.29) is 11.7 Å². The zero-order valence-corrected chi connectivity index (χ0v) is 16.6. The summed E-state index contributed by atoms with van der Waals surface area (Å²) in [5.74, 6) is 0.848. The number of nitrogens with one attached hydrogen (secondary N) is 1. The summed E-state index contributed by atoms with van der Waals surface area (Å²) in [5, 5.41) is 8.23. The third-order valence-corrected chi connectivity index (χ3v) is 4.83. The molecule has 0 unspecified atom stereocenters. The Morgan fingerprint density at radius 3 is 2.76 bits per heavy atom. The Balaban J connectivity index is 1.46. The van der Waals surface area contributed by atoms with E-state index in [1.165, 1.54) is 0 Å². The number of fused-ring (bicyclic) bond motifs is 1. The van der Waals surface area contributed by atoms with Crippen LogP contribution in [0.15, 0.2) is 51.4 Å². The lowest BCUT2D eigenvalue weighted by Gasteiger charge is -2.02. The molecule has 1 N–H and O–H groups in total. The largest absolute Gasteiger partial charge is 0.497 e. The number of nitrogens with zero attached hydrogens (tertiary/aromatic N) is 2. The van der Waals surface area contributed by atoms with Gasteiger partial charge >= 0.3 is 11.8 Å². The van der Waals surface area contributed by atoms with E-state index >= 15 is 0 Å². The van der Waals surface area contributed by atoms with Gasteiger partial charge in [-0.15, -0.1) is 0 Å². The van der Waals surface area contributed by atoms with Crippen LogP contribution in [0.5, 0.6) is 5.75 Å². The quantitative estimate of drug-likeness (QED) is 0.505. The van der Waals surface area contributed by atoms with Crippen LogP contribution in [0.2, 0.25) is 5.02 Å². The molecule has 4 aromatic rings. The van der Waals surface area contributed by atoms with Gasteiger partial charge in [-0.1, -0.05) is 28.9 Å². The number of amides is 1. The van der Waals surface area contributed by atoms with Crippen molar-refractivity contribution in [1.29, 1.82) is 0 Å². The Morgan fingerprint density at radius 2 is 2.00 bits per heavy atom. The van der Waals surface area contributed by atoms with E-state index in [0.29, 0.717) is 29.3 Å². The first-order valence-electron chi connectivity index (χ1n) is 8.99. The van der Waals surface area contributed by atoms with Crippen LogP contribution < -0.4 is 10.1 Å². The van der Waals surface area contributed by atoms with Gasteiger partial charge < -0.3 is 19.0 Å². The second-order valence-corrected chi connectivity index (χ2v) is 6.91. The molecule has 29 heavy (non-hydrogen) atoms. The molecule has 7 nitrogen and oxygen atoms in total. The summed E-state index contributed by atoms with van der Waals surface area (Å²) < 4.78 is 16.2. The molecule has 2 aromatic carbocycles. The van der Waals surface area contributed by atoms with Crippen molar-refractivity contribution in [3.05, 3.63) is 64.5 Å². The van der Waals surface area contributed by atoms with Crippen molar-refractivity contribution in [1.82, 2.24) is 15.5 Å². The molecule has 0 spiro atoms. The molecular weight excluding hydrogens is 394 g/mol. The van der Waals surface area contributed by atoms with Crippen molar-refractivity contribution >= 4 is 28.5 Å². The van der Waals surface area contributed by atoms with E-state index in [2.05, 4.69) is 15.5 Å². The predicted molar refractivity (Wildman–Crippen MR) is 108 cm³/mol. The van der Waals surface area contributed by atoms with Gasteiger partial charge in [0.25, 0.3) is 0 Å². The van der Waals surface area contributed by atoms with Crippen molar-refractivity contribution in [3.63, 3.8) is 0 Å². The maximum atomic E-state index is 12.3. The average Bonchev–Trinajstić information content (AvgIpc) is 3.34. The molecule has 8 heteroatoms. The molecular formula is C21H18ClN3O4. The van der Waals surface area contributed by atoms with Gasteiger partial charge in [0.05, 0.1) is 7.11 Å². The molecule has 0 atom stereocenters. The third-order valence-electron chi connectivity index (χ3n) is 4.58. The highest BCUT2D eigenvalue weighted by Gasteiger charge is 2.21. The predicted octanol–water partition coefficient (Wildman–Crippen LogP) is 4.43. The number of hydrogen-bond donors (Lipinski definition) is 1. The fourth-order valence-electron chi connectivity index (χ4n) is 3.00. The van der Waals surface area contributed by atoms with Crippen LogP contribution in [0.1, 0.15) is 21.8 Å². The molecule has 0 bridgehead atoms. The number of benzene rings is 2. The number of methoxy groups -OCH3 is 1. The van der Waals surface area contributed by atoms with Crippen molar-refractivity contribution in [3.8, 4) is 17.3 Å². The monoisotopic (exact) mass is 411 g/mol. The zero-order chi connectivity index (χ0) is 20.4. The van der Waals surface area contributed by atoms with Crippen molar-refractivity contribution in [2.24, 2.45) is 0 Å². The van der Waals surface area contributed by atoms with Crippen LogP contribution in [0.3, 0.4) is 0 Å². The highest BCUT2D eigenvalue weighted by Crippen LogP contribution is 2.33. The first-order chi connectivity index (χ1) is 14.0. The lowest BCUT2D eigenvalue weighted by molar-refractivity contribution is 0.0910. The zero-order valence-electron chi connectivity index (χ0n) is 15.9.